The number of benzene rings is 2. The van der Waals surface area contributed by atoms with E-state index in [-0.39, 0.29) is 0 Å². The zero-order valence-electron chi connectivity index (χ0n) is 20.4. The summed E-state index contributed by atoms with van der Waals surface area (Å²) in [6.45, 7) is 0. The Bertz CT molecular complexity index is 1830. The minimum absolute atomic E-state index is 0.669. The van der Waals surface area contributed by atoms with Crippen molar-refractivity contribution in [2.45, 2.75) is 0 Å². The molecule has 2 aromatic carbocycles. The van der Waals surface area contributed by atoms with Gasteiger partial charge in [0.05, 0.1) is 28.3 Å². The van der Waals surface area contributed by atoms with Crippen LogP contribution < -0.4 is 0 Å². The minimum atomic E-state index is 0.669. The lowest BCUT2D eigenvalue weighted by Crippen LogP contribution is -1.90. The SMILES string of the molecule is C#Cc1c2nc(c(-c3ccccc3)c3ccc(cc4ccc([nH]4)c(-c4ccccc4)c4nc1C=C4)[nH]3)C=C2. The van der Waals surface area contributed by atoms with Gasteiger partial charge >= 0.3 is 0 Å². The zero-order chi connectivity index (χ0) is 25.5. The maximum absolute atomic E-state index is 6.05. The van der Waals surface area contributed by atoms with E-state index in [9.17, 15) is 0 Å². The molecule has 8 bridgehead atoms. The second-order valence-electron chi connectivity index (χ2n) is 9.23. The Balaban J connectivity index is 1.63. The number of rotatable bonds is 2. The lowest BCUT2D eigenvalue weighted by molar-refractivity contribution is 1.26. The summed E-state index contributed by atoms with van der Waals surface area (Å²) in [5.41, 5.74) is 12.0. The van der Waals surface area contributed by atoms with Gasteiger partial charge in [-0.2, -0.15) is 0 Å². The Kier molecular flexibility index (Phi) is 5.13. The van der Waals surface area contributed by atoms with Crippen molar-refractivity contribution in [3.05, 3.63) is 119 Å². The van der Waals surface area contributed by atoms with Crippen LogP contribution in [0.3, 0.4) is 0 Å². The fraction of sp³-hybridized carbons (Fsp3) is 0. The highest BCUT2D eigenvalue weighted by Crippen LogP contribution is 2.33. The molecule has 4 nitrogen and oxygen atoms in total. The predicted molar refractivity (Wildman–Crippen MR) is 158 cm³/mol. The molecule has 178 valence electrons. The molecule has 0 unspecified atom stereocenters. The van der Waals surface area contributed by atoms with E-state index in [0.29, 0.717) is 5.56 Å². The summed E-state index contributed by atoms with van der Waals surface area (Å²) < 4.78 is 0. The molecule has 0 aliphatic carbocycles. The van der Waals surface area contributed by atoms with Crippen LogP contribution in [0.2, 0.25) is 0 Å². The van der Waals surface area contributed by atoms with Crippen LogP contribution in [0, 0.1) is 12.3 Å². The molecule has 0 spiro atoms. The van der Waals surface area contributed by atoms with E-state index < -0.39 is 0 Å². The smallest absolute Gasteiger partial charge is 0.0816 e. The molecule has 3 aromatic heterocycles. The fourth-order valence-corrected chi connectivity index (χ4v) is 5.10. The zero-order valence-corrected chi connectivity index (χ0v) is 20.4. The molecule has 0 saturated heterocycles. The lowest BCUT2D eigenvalue weighted by atomic mass is 10.0. The van der Waals surface area contributed by atoms with Crippen LogP contribution in [-0.4, -0.2) is 19.9 Å². The van der Waals surface area contributed by atoms with Gasteiger partial charge < -0.3 is 9.97 Å². The first-order valence-corrected chi connectivity index (χ1v) is 12.5. The van der Waals surface area contributed by atoms with Crippen molar-refractivity contribution in [3.8, 4) is 34.6 Å². The molecule has 0 saturated carbocycles. The Morgan fingerprint density at radius 3 is 1.42 bits per heavy atom. The van der Waals surface area contributed by atoms with Crippen LogP contribution in [-0.2, 0) is 0 Å². The minimum Gasteiger partial charge on any atom is -0.355 e. The predicted octanol–water partition coefficient (Wildman–Crippen LogP) is 7.97. The van der Waals surface area contributed by atoms with E-state index >= 15 is 0 Å². The average Bonchev–Trinajstić information content (AvgIpc) is 3.77. The van der Waals surface area contributed by atoms with Crippen molar-refractivity contribution in [2.24, 2.45) is 0 Å². The van der Waals surface area contributed by atoms with Crippen molar-refractivity contribution in [1.82, 2.24) is 19.9 Å². The molecular formula is C34H22N4. The summed E-state index contributed by atoms with van der Waals surface area (Å²) in [7, 11) is 0. The van der Waals surface area contributed by atoms with E-state index in [2.05, 4.69) is 70.5 Å². The van der Waals surface area contributed by atoms with Crippen LogP contribution in [0.5, 0.6) is 0 Å². The Hall–Kier alpha value is -5.40. The van der Waals surface area contributed by atoms with Crippen LogP contribution in [0.4, 0.5) is 0 Å². The summed E-state index contributed by atoms with van der Waals surface area (Å²) in [6, 6.07) is 31.1. The van der Waals surface area contributed by atoms with E-state index in [1.807, 2.05) is 60.7 Å². The highest BCUT2D eigenvalue weighted by Gasteiger charge is 2.16. The second-order valence-corrected chi connectivity index (χ2v) is 9.23. The van der Waals surface area contributed by atoms with Gasteiger partial charge in [0, 0.05) is 33.2 Å². The first kappa shape index (κ1) is 21.8. The molecule has 2 aliphatic heterocycles. The van der Waals surface area contributed by atoms with Crippen molar-refractivity contribution in [3.63, 3.8) is 0 Å². The molecule has 2 aliphatic rings. The monoisotopic (exact) mass is 486 g/mol. The Labute approximate surface area is 220 Å². The summed E-state index contributed by atoms with van der Waals surface area (Å²) in [5, 5.41) is 0. The van der Waals surface area contributed by atoms with E-state index in [1.54, 1.807) is 0 Å². The number of hydrogen-bond acceptors (Lipinski definition) is 2. The van der Waals surface area contributed by atoms with Gasteiger partial charge in [-0.05, 0) is 65.8 Å². The number of H-pyrrole nitrogens is 2. The van der Waals surface area contributed by atoms with E-state index in [4.69, 9.17) is 16.4 Å². The quantitative estimate of drug-likeness (QED) is 0.244. The number of nitrogens with zero attached hydrogens (tertiary/aromatic N) is 2. The third-order valence-corrected chi connectivity index (χ3v) is 6.84. The number of aromatic amines is 2. The van der Waals surface area contributed by atoms with Gasteiger partial charge in [0.1, 0.15) is 0 Å². The van der Waals surface area contributed by atoms with Crippen molar-refractivity contribution < 1.29 is 0 Å². The number of terminal acetylenes is 1. The molecule has 5 heterocycles. The molecule has 0 atom stereocenters. The number of aromatic nitrogens is 4. The summed E-state index contributed by atoms with van der Waals surface area (Å²) >= 11 is 0. The highest BCUT2D eigenvalue weighted by molar-refractivity contribution is 5.94. The molecular weight excluding hydrogens is 464 g/mol. The topological polar surface area (TPSA) is 57.4 Å². The molecule has 0 amide bonds. The number of fused-ring (bicyclic) bond motifs is 8. The highest BCUT2D eigenvalue weighted by atomic mass is 14.8. The summed E-state index contributed by atoms with van der Waals surface area (Å²) in [4.78, 5) is 17.2. The van der Waals surface area contributed by atoms with Crippen molar-refractivity contribution in [1.29, 1.82) is 0 Å². The van der Waals surface area contributed by atoms with Crippen LogP contribution >= 0.6 is 0 Å². The van der Waals surface area contributed by atoms with Crippen LogP contribution in [0.15, 0.2) is 91.0 Å². The maximum atomic E-state index is 6.05. The average molecular weight is 487 g/mol. The molecule has 4 heteroatoms. The first-order chi connectivity index (χ1) is 18.8. The number of nitrogens with one attached hydrogen (secondary N) is 2. The molecule has 2 N–H and O–H groups in total. The van der Waals surface area contributed by atoms with Crippen LogP contribution in [0.25, 0.3) is 68.6 Å². The van der Waals surface area contributed by atoms with Gasteiger partial charge in [-0.15, -0.1) is 6.42 Å². The largest absolute Gasteiger partial charge is 0.355 e. The third-order valence-electron chi connectivity index (χ3n) is 6.84. The molecule has 7 rings (SSSR count). The van der Waals surface area contributed by atoms with Gasteiger partial charge in [-0.3, -0.25) is 0 Å². The van der Waals surface area contributed by atoms with E-state index in [0.717, 1.165) is 67.1 Å². The van der Waals surface area contributed by atoms with E-state index in [1.165, 1.54) is 0 Å². The lowest BCUT2D eigenvalue weighted by Gasteiger charge is -2.04. The molecule has 5 aromatic rings. The molecule has 0 fully saturated rings. The Morgan fingerprint density at radius 2 is 0.974 bits per heavy atom. The van der Waals surface area contributed by atoms with Crippen molar-refractivity contribution >= 4 is 46.4 Å². The van der Waals surface area contributed by atoms with Gasteiger partial charge in [0.25, 0.3) is 0 Å². The van der Waals surface area contributed by atoms with Gasteiger partial charge in [-0.25, -0.2) is 9.97 Å². The van der Waals surface area contributed by atoms with Crippen LogP contribution in [0.1, 0.15) is 28.3 Å². The van der Waals surface area contributed by atoms with Gasteiger partial charge in [-0.1, -0.05) is 66.6 Å². The molecule has 38 heavy (non-hydrogen) atoms. The maximum Gasteiger partial charge on any atom is 0.0816 e. The fourth-order valence-electron chi connectivity index (χ4n) is 5.10. The summed E-state index contributed by atoms with van der Waals surface area (Å²) in [5.74, 6) is 2.86. The van der Waals surface area contributed by atoms with Gasteiger partial charge in [0.2, 0.25) is 0 Å². The normalized spacial score (nSPS) is 12.0. The summed E-state index contributed by atoms with van der Waals surface area (Å²) in [6.07, 6.45) is 14.1. The first-order valence-electron chi connectivity index (χ1n) is 12.5. The second kappa shape index (κ2) is 8.92. The molecule has 0 radical (unpaired) electrons. The number of hydrogen-bond donors (Lipinski definition) is 2. The Morgan fingerprint density at radius 1 is 0.526 bits per heavy atom. The van der Waals surface area contributed by atoms with Gasteiger partial charge in [0.15, 0.2) is 0 Å². The van der Waals surface area contributed by atoms with Crippen molar-refractivity contribution in [2.75, 3.05) is 0 Å². The third kappa shape index (κ3) is 3.75. The standard InChI is InChI=1S/C34H22N4/c1-2-26-27-17-19-31(37-27)33(22-9-5-3-6-10-22)29-15-13-24(35-29)21-25-14-16-30(36-25)34(23-11-7-4-8-12-23)32-20-18-28(26)38-32/h1,3-21,35-36H.